The maximum atomic E-state index is 14.3. The topological polar surface area (TPSA) is 15.3 Å². The smallest absolute Gasteiger partial charge is 0.128 e. The molecule has 0 amide bonds. The van der Waals surface area contributed by atoms with Crippen molar-refractivity contribution >= 4 is 28.3 Å². The standard InChI is InChI=1S/C16H24BrFN2.ClH/c1-3-4-12(2)16(20-9-7-19-8-10-20)14-11-13(17)5-6-15(14)18;/h5-6,11-12,16,19H,3-4,7-10H2,1-2H3;1H/t12?,16-;/m0./s1. The molecule has 120 valence electrons. The zero-order valence-corrected chi connectivity index (χ0v) is 15.1. The Kier molecular flexibility index (Phi) is 8.17. The molecule has 1 unspecified atom stereocenters. The van der Waals surface area contributed by atoms with Gasteiger partial charge in [-0.1, -0.05) is 36.2 Å². The summed E-state index contributed by atoms with van der Waals surface area (Å²) in [5.41, 5.74) is 0.835. The molecule has 1 saturated heterocycles. The summed E-state index contributed by atoms with van der Waals surface area (Å²) >= 11 is 3.48. The van der Waals surface area contributed by atoms with Gasteiger partial charge in [0, 0.05) is 42.3 Å². The van der Waals surface area contributed by atoms with Gasteiger partial charge in [0.05, 0.1) is 0 Å². The SMILES string of the molecule is CCCC(C)[C@@H](c1cc(Br)ccc1F)N1CCNCC1.Cl. The van der Waals surface area contributed by atoms with E-state index in [9.17, 15) is 4.39 Å². The summed E-state index contributed by atoms with van der Waals surface area (Å²) in [7, 11) is 0. The molecule has 1 N–H and O–H groups in total. The monoisotopic (exact) mass is 378 g/mol. The molecular formula is C16H25BrClFN2. The van der Waals surface area contributed by atoms with Crippen molar-refractivity contribution in [1.29, 1.82) is 0 Å². The van der Waals surface area contributed by atoms with E-state index in [1.807, 2.05) is 6.07 Å². The van der Waals surface area contributed by atoms with Gasteiger partial charge in [-0.05, 0) is 30.5 Å². The zero-order chi connectivity index (χ0) is 14.5. The highest BCUT2D eigenvalue weighted by Gasteiger charge is 2.29. The third-order valence-electron chi connectivity index (χ3n) is 4.10. The Morgan fingerprint density at radius 1 is 1.33 bits per heavy atom. The molecule has 0 bridgehead atoms. The normalized spacial score (nSPS) is 18.9. The number of nitrogens with one attached hydrogen (secondary N) is 1. The van der Waals surface area contributed by atoms with Crippen LogP contribution in [0.3, 0.4) is 0 Å². The van der Waals surface area contributed by atoms with E-state index in [2.05, 4.69) is 40.0 Å². The molecule has 2 rings (SSSR count). The van der Waals surface area contributed by atoms with E-state index in [4.69, 9.17) is 0 Å². The second-order valence-electron chi connectivity index (χ2n) is 5.66. The van der Waals surface area contributed by atoms with Crippen LogP contribution in [-0.4, -0.2) is 31.1 Å². The number of piperazine rings is 1. The van der Waals surface area contributed by atoms with Gasteiger partial charge in [-0.15, -0.1) is 12.4 Å². The fourth-order valence-electron chi connectivity index (χ4n) is 3.18. The van der Waals surface area contributed by atoms with Crippen LogP contribution in [0.15, 0.2) is 22.7 Å². The molecule has 1 aliphatic heterocycles. The van der Waals surface area contributed by atoms with Crippen molar-refractivity contribution in [2.24, 2.45) is 5.92 Å². The van der Waals surface area contributed by atoms with Gasteiger partial charge in [0.2, 0.25) is 0 Å². The molecule has 1 fully saturated rings. The number of nitrogens with zero attached hydrogens (tertiary/aromatic N) is 1. The van der Waals surface area contributed by atoms with Gasteiger partial charge in [-0.2, -0.15) is 0 Å². The van der Waals surface area contributed by atoms with Gasteiger partial charge in [-0.25, -0.2) is 4.39 Å². The Labute approximate surface area is 142 Å². The van der Waals surface area contributed by atoms with Gasteiger partial charge < -0.3 is 5.32 Å². The Morgan fingerprint density at radius 2 is 2.00 bits per heavy atom. The Hall–Kier alpha value is -0.160. The molecule has 2 atom stereocenters. The van der Waals surface area contributed by atoms with E-state index >= 15 is 0 Å². The van der Waals surface area contributed by atoms with E-state index in [-0.39, 0.29) is 24.3 Å². The third-order valence-corrected chi connectivity index (χ3v) is 4.60. The molecule has 1 aliphatic rings. The number of hydrogen-bond acceptors (Lipinski definition) is 2. The largest absolute Gasteiger partial charge is 0.314 e. The van der Waals surface area contributed by atoms with Crippen LogP contribution in [-0.2, 0) is 0 Å². The van der Waals surface area contributed by atoms with Crippen molar-refractivity contribution in [3.8, 4) is 0 Å². The van der Waals surface area contributed by atoms with Crippen molar-refractivity contribution in [3.05, 3.63) is 34.1 Å². The van der Waals surface area contributed by atoms with Crippen LogP contribution >= 0.6 is 28.3 Å². The van der Waals surface area contributed by atoms with Gasteiger partial charge >= 0.3 is 0 Å². The number of halogens is 3. The number of benzene rings is 1. The second-order valence-corrected chi connectivity index (χ2v) is 6.58. The first-order valence-electron chi connectivity index (χ1n) is 7.53. The Morgan fingerprint density at radius 3 is 2.62 bits per heavy atom. The maximum Gasteiger partial charge on any atom is 0.128 e. The van der Waals surface area contributed by atoms with Crippen LogP contribution in [0, 0.1) is 11.7 Å². The zero-order valence-electron chi connectivity index (χ0n) is 12.7. The molecular weight excluding hydrogens is 355 g/mol. The van der Waals surface area contributed by atoms with E-state index < -0.39 is 0 Å². The highest BCUT2D eigenvalue weighted by molar-refractivity contribution is 9.10. The highest BCUT2D eigenvalue weighted by Crippen LogP contribution is 2.34. The molecule has 2 nitrogen and oxygen atoms in total. The fraction of sp³-hybridized carbons (Fsp3) is 0.625. The summed E-state index contributed by atoms with van der Waals surface area (Å²) in [6.07, 6.45) is 2.26. The first-order chi connectivity index (χ1) is 9.63. The second kappa shape index (κ2) is 9.09. The summed E-state index contributed by atoms with van der Waals surface area (Å²) in [5.74, 6) is 0.376. The molecule has 1 aromatic rings. The lowest BCUT2D eigenvalue weighted by atomic mass is 9.89. The highest BCUT2D eigenvalue weighted by atomic mass is 79.9. The summed E-state index contributed by atoms with van der Waals surface area (Å²) < 4.78 is 15.3. The number of rotatable bonds is 5. The lowest BCUT2D eigenvalue weighted by Gasteiger charge is -2.39. The van der Waals surface area contributed by atoms with Gasteiger partial charge in [0.1, 0.15) is 5.82 Å². The molecule has 21 heavy (non-hydrogen) atoms. The van der Waals surface area contributed by atoms with Gasteiger partial charge in [-0.3, -0.25) is 4.90 Å². The quantitative estimate of drug-likeness (QED) is 0.816. The van der Waals surface area contributed by atoms with E-state index in [1.165, 1.54) is 0 Å². The lowest BCUT2D eigenvalue weighted by molar-refractivity contribution is 0.123. The van der Waals surface area contributed by atoms with Gasteiger partial charge in [0.25, 0.3) is 0 Å². The van der Waals surface area contributed by atoms with Crippen molar-refractivity contribution in [2.45, 2.75) is 32.7 Å². The van der Waals surface area contributed by atoms with Crippen molar-refractivity contribution in [3.63, 3.8) is 0 Å². The minimum absolute atomic E-state index is 0. The first-order valence-corrected chi connectivity index (χ1v) is 8.32. The van der Waals surface area contributed by atoms with Crippen molar-refractivity contribution < 1.29 is 4.39 Å². The van der Waals surface area contributed by atoms with Crippen LogP contribution in [0.4, 0.5) is 4.39 Å². The minimum atomic E-state index is -0.0836. The Bertz CT molecular complexity index is 438. The molecule has 0 saturated carbocycles. The lowest BCUT2D eigenvalue weighted by Crippen LogP contribution is -2.46. The summed E-state index contributed by atoms with van der Waals surface area (Å²) in [6.45, 7) is 8.41. The van der Waals surface area contributed by atoms with Crippen LogP contribution in [0.25, 0.3) is 0 Å². The first kappa shape index (κ1) is 18.9. The molecule has 1 aromatic carbocycles. The van der Waals surface area contributed by atoms with Crippen molar-refractivity contribution in [2.75, 3.05) is 26.2 Å². The average molecular weight is 380 g/mol. The fourth-order valence-corrected chi connectivity index (χ4v) is 3.56. The van der Waals surface area contributed by atoms with Crippen LogP contribution in [0.1, 0.15) is 38.3 Å². The Balaban J connectivity index is 0.00000220. The molecule has 0 aliphatic carbocycles. The third kappa shape index (κ3) is 4.92. The molecule has 5 heteroatoms. The number of hydrogen-bond donors (Lipinski definition) is 1. The molecule has 0 spiro atoms. The van der Waals surface area contributed by atoms with E-state index in [1.54, 1.807) is 12.1 Å². The summed E-state index contributed by atoms with van der Waals surface area (Å²) in [4.78, 5) is 2.43. The van der Waals surface area contributed by atoms with E-state index in [0.29, 0.717) is 5.92 Å². The van der Waals surface area contributed by atoms with Crippen LogP contribution < -0.4 is 5.32 Å². The van der Waals surface area contributed by atoms with Crippen molar-refractivity contribution in [1.82, 2.24) is 10.2 Å². The van der Waals surface area contributed by atoms with Crippen LogP contribution in [0.5, 0.6) is 0 Å². The molecule has 1 heterocycles. The predicted molar refractivity (Wildman–Crippen MR) is 92.6 cm³/mol. The summed E-state index contributed by atoms with van der Waals surface area (Å²) in [6, 6.07) is 5.48. The summed E-state index contributed by atoms with van der Waals surface area (Å²) in [5, 5.41) is 3.37. The predicted octanol–water partition coefficient (Wildman–Crippen LogP) is 4.39. The average Bonchev–Trinajstić information content (AvgIpc) is 2.44. The van der Waals surface area contributed by atoms with Gasteiger partial charge in [0.15, 0.2) is 0 Å². The minimum Gasteiger partial charge on any atom is -0.314 e. The van der Waals surface area contributed by atoms with E-state index in [0.717, 1.165) is 49.1 Å². The molecule has 0 radical (unpaired) electrons. The molecule has 0 aromatic heterocycles. The maximum absolute atomic E-state index is 14.3. The van der Waals surface area contributed by atoms with Crippen LogP contribution in [0.2, 0.25) is 0 Å².